The quantitative estimate of drug-likeness (QED) is 0.360. The van der Waals surface area contributed by atoms with Crippen molar-refractivity contribution in [1.29, 1.82) is 0 Å². The van der Waals surface area contributed by atoms with Gasteiger partial charge in [-0.25, -0.2) is 8.42 Å². The molecular formula is C30H37N3O4S. The molecule has 1 N–H and O–H groups in total. The van der Waals surface area contributed by atoms with Crippen LogP contribution in [-0.2, 0) is 26.2 Å². The van der Waals surface area contributed by atoms with Crippen LogP contribution in [-0.4, -0.2) is 44.3 Å². The third-order valence-corrected chi connectivity index (χ3v) is 8.36. The predicted molar refractivity (Wildman–Crippen MR) is 151 cm³/mol. The lowest BCUT2D eigenvalue weighted by atomic mass is 10.1. The monoisotopic (exact) mass is 535 g/mol. The van der Waals surface area contributed by atoms with Crippen molar-refractivity contribution in [3.63, 3.8) is 0 Å². The van der Waals surface area contributed by atoms with E-state index >= 15 is 0 Å². The summed E-state index contributed by atoms with van der Waals surface area (Å²) in [6, 6.07) is 22.2. The molecule has 0 aliphatic rings. The van der Waals surface area contributed by atoms with Gasteiger partial charge in [-0.1, -0.05) is 74.5 Å². The van der Waals surface area contributed by atoms with Gasteiger partial charge >= 0.3 is 0 Å². The van der Waals surface area contributed by atoms with Gasteiger partial charge in [0.2, 0.25) is 11.8 Å². The molecule has 1 atom stereocenters. The molecule has 38 heavy (non-hydrogen) atoms. The van der Waals surface area contributed by atoms with E-state index in [0.717, 1.165) is 23.1 Å². The van der Waals surface area contributed by atoms with Gasteiger partial charge in [0, 0.05) is 13.1 Å². The Balaban J connectivity index is 2.07. The molecule has 0 saturated heterocycles. The van der Waals surface area contributed by atoms with Crippen molar-refractivity contribution < 1.29 is 18.0 Å². The van der Waals surface area contributed by atoms with E-state index in [9.17, 15) is 18.0 Å². The predicted octanol–water partition coefficient (Wildman–Crippen LogP) is 4.83. The van der Waals surface area contributed by atoms with E-state index in [2.05, 4.69) is 5.32 Å². The molecular weight excluding hydrogens is 498 g/mol. The number of carbonyl (C=O) groups excluding carboxylic acids is 2. The summed E-state index contributed by atoms with van der Waals surface area (Å²) in [5.74, 6) is -0.699. The number of nitrogens with zero attached hydrogens (tertiary/aromatic N) is 2. The van der Waals surface area contributed by atoms with E-state index in [1.54, 1.807) is 30.3 Å². The number of hydrogen-bond acceptors (Lipinski definition) is 4. The molecule has 0 fully saturated rings. The minimum absolute atomic E-state index is 0.0936. The first-order chi connectivity index (χ1) is 18.2. The molecule has 2 amide bonds. The van der Waals surface area contributed by atoms with Crippen LogP contribution in [0.5, 0.6) is 0 Å². The first-order valence-corrected chi connectivity index (χ1v) is 14.4. The molecule has 8 heteroatoms. The van der Waals surface area contributed by atoms with Crippen molar-refractivity contribution in [3.05, 3.63) is 95.6 Å². The van der Waals surface area contributed by atoms with Gasteiger partial charge in [0.1, 0.15) is 12.6 Å². The molecule has 7 nitrogen and oxygen atoms in total. The van der Waals surface area contributed by atoms with Crippen LogP contribution in [0.3, 0.4) is 0 Å². The molecule has 0 aliphatic carbocycles. The highest BCUT2D eigenvalue weighted by Gasteiger charge is 2.34. The summed E-state index contributed by atoms with van der Waals surface area (Å²) in [4.78, 5) is 28.7. The second kappa shape index (κ2) is 13.2. The summed E-state index contributed by atoms with van der Waals surface area (Å²) < 4.78 is 29.0. The summed E-state index contributed by atoms with van der Waals surface area (Å²) in [7, 11) is -4.08. The van der Waals surface area contributed by atoms with Crippen molar-refractivity contribution in [2.75, 3.05) is 17.4 Å². The van der Waals surface area contributed by atoms with Gasteiger partial charge in [-0.3, -0.25) is 13.9 Å². The fourth-order valence-electron chi connectivity index (χ4n) is 4.30. The Kier molecular flexibility index (Phi) is 10.1. The zero-order valence-electron chi connectivity index (χ0n) is 22.6. The summed E-state index contributed by atoms with van der Waals surface area (Å²) >= 11 is 0. The number of sulfonamides is 1. The van der Waals surface area contributed by atoms with Crippen molar-refractivity contribution in [1.82, 2.24) is 10.2 Å². The molecule has 0 radical (unpaired) electrons. The number of aryl methyl sites for hydroxylation is 1. The number of nitrogens with one attached hydrogen (secondary N) is 1. The highest BCUT2D eigenvalue weighted by molar-refractivity contribution is 7.92. The fourth-order valence-corrected chi connectivity index (χ4v) is 5.80. The third-order valence-electron chi connectivity index (χ3n) is 6.59. The van der Waals surface area contributed by atoms with Crippen LogP contribution in [0.2, 0.25) is 0 Å². The van der Waals surface area contributed by atoms with Gasteiger partial charge < -0.3 is 10.2 Å². The van der Waals surface area contributed by atoms with Gasteiger partial charge in [0.05, 0.1) is 10.6 Å². The maximum Gasteiger partial charge on any atom is 0.264 e. The van der Waals surface area contributed by atoms with Gasteiger partial charge in [0.15, 0.2) is 0 Å². The van der Waals surface area contributed by atoms with Gasteiger partial charge in [-0.2, -0.15) is 0 Å². The Morgan fingerprint density at radius 2 is 1.50 bits per heavy atom. The Morgan fingerprint density at radius 3 is 2.11 bits per heavy atom. The molecule has 3 rings (SSSR count). The molecule has 0 aliphatic heterocycles. The number of anilines is 1. The van der Waals surface area contributed by atoms with Crippen LogP contribution in [0.1, 0.15) is 43.4 Å². The number of hydrogen-bond donors (Lipinski definition) is 1. The molecule has 3 aromatic carbocycles. The molecule has 0 aromatic heterocycles. The largest absolute Gasteiger partial charge is 0.354 e. The highest BCUT2D eigenvalue weighted by atomic mass is 32.2. The molecule has 0 bridgehead atoms. The van der Waals surface area contributed by atoms with Crippen LogP contribution < -0.4 is 9.62 Å². The summed E-state index contributed by atoms with van der Waals surface area (Å²) in [6.45, 7) is 7.81. The first kappa shape index (κ1) is 28.9. The topological polar surface area (TPSA) is 86.8 Å². The van der Waals surface area contributed by atoms with Gasteiger partial charge in [-0.05, 0) is 61.6 Å². The zero-order valence-corrected chi connectivity index (χ0v) is 23.4. The lowest BCUT2D eigenvalue weighted by Crippen LogP contribution is -2.52. The van der Waals surface area contributed by atoms with E-state index in [0.29, 0.717) is 18.7 Å². The molecule has 0 saturated carbocycles. The van der Waals surface area contributed by atoms with E-state index in [4.69, 9.17) is 0 Å². The van der Waals surface area contributed by atoms with Crippen LogP contribution in [0.25, 0.3) is 0 Å². The Labute approximate surface area is 226 Å². The van der Waals surface area contributed by atoms with E-state index < -0.39 is 28.5 Å². The Morgan fingerprint density at radius 1 is 0.868 bits per heavy atom. The fraction of sp³-hybridized carbons (Fsp3) is 0.333. The van der Waals surface area contributed by atoms with Crippen molar-refractivity contribution in [3.8, 4) is 0 Å². The van der Waals surface area contributed by atoms with Crippen LogP contribution in [0, 0.1) is 13.8 Å². The molecule has 0 unspecified atom stereocenters. The highest BCUT2D eigenvalue weighted by Crippen LogP contribution is 2.29. The molecule has 0 heterocycles. The van der Waals surface area contributed by atoms with Gasteiger partial charge in [-0.15, -0.1) is 0 Å². The van der Waals surface area contributed by atoms with Crippen molar-refractivity contribution in [2.45, 2.75) is 58.0 Å². The second-order valence-corrected chi connectivity index (χ2v) is 11.1. The van der Waals surface area contributed by atoms with Crippen LogP contribution in [0.15, 0.2) is 83.8 Å². The van der Waals surface area contributed by atoms with Crippen LogP contribution >= 0.6 is 0 Å². The first-order valence-electron chi connectivity index (χ1n) is 13.0. The average molecular weight is 536 g/mol. The van der Waals surface area contributed by atoms with Gasteiger partial charge in [0.25, 0.3) is 10.0 Å². The van der Waals surface area contributed by atoms with E-state index in [-0.39, 0.29) is 17.3 Å². The zero-order chi connectivity index (χ0) is 27.7. The smallest absolute Gasteiger partial charge is 0.264 e. The number of rotatable bonds is 12. The third kappa shape index (κ3) is 6.81. The maximum atomic E-state index is 14.0. The number of amides is 2. The lowest BCUT2D eigenvalue weighted by molar-refractivity contribution is -0.140. The Hall–Kier alpha value is -3.65. The molecule has 202 valence electrons. The maximum absolute atomic E-state index is 14.0. The number of benzene rings is 3. The Bertz CT molecular complexity index is 1330. The normalized spacial score (nSPS) is 12.0. The SMILES string of the molecule is CCCNC(=O)[C@@H](CC)N(Cc1ccccc1)C(=O)CN(c1cccc(C)c1C)S(=O)(=O)c1ccccc1. The summed E-state index contributed by atoms with van der Waals surface area (Å²) in [5.41, 5.74) is 2.97. The summed E-state index contributed by atoms with van der Waals surface area (Å²) in [5, 5.41) is 2.90. The summed E-state index contributed by atoms with van der Waals surface area (Å²) in [6.07, 6.45) is 1.16. The second-order valence-electron chi connectivity index (χ2n) is 9.27. The van der Waals surface area contributed by atoms with E-state index in [1.807, 2.05) is 64.1 Å². The number of carbonyl (C=O) groups is 2. The molecule has 3 aromatic rings. The van der Waals surface area contributed by atoms with E-state index in [1.165, 1.54) is 21.3 Å². The average Bonchev–Trinajstić information content (AvgIpc) is 2.93. The van der Waals surface area contributed by atoms with Crippen molar-refractivity contribution in [2.24, 2.45) is 0 Å². The lowest BCUT2D eigenvalue weighted by Gasteiger charge is -2.33. The minimum atomic E-state index is -4.08. The minimum Gasteiger partial charge on any atom is -0.354 e. The van der Waals surface area contributed by atoms with Crippen LogP contribution in [0.4, 0.5) is 5.69 Å². The standard InChI is InChI=1S/C30H37N3O4S/c1-5-20-31-30(35)27(6-2)32(21-25-15-9-7-10-16-25)29(34)22-33(28-19-13-14-23(3)24(28)4)38(36,37)26-17-11-8-12-18-26/h7-19,27H,5-6,20-22H2,1-4H3,(H,31,35)/t27-/m1/s1. The molecule has 0 spiro atoms. The van der Waals surface area contributed by atoms with Crippen molar-refractivity contribution >= 4 is 27.5 Å².